The Morgan fingerprint density at radius 2 is 2.00 bits per heavy atom. The average molecular weight is 452 g/mol. The zero-order valence-corrected chi connectivity index (χ0v) is 18.8. The Morgan fingerprint density at radius 3 is 2.72 bits per heavy atom. The normalized spacial score (nSPS) is 11.4. The summed E-state index contributed by atoms with van der Waals surface area (Å²) in [6, 6.07) is 5.49. The van der Waals surface area contributed by atoms with Gasteiger partial charge in [-0.25, -0.2) is 9.78 Å². The Hall–Kier alpha value is -3.86. The van der Waals surface area contributed by atoms with Crippen LogP contribution in [-0.4, -0.2) is 47.1 Å². The first kappa shape index (κ1) is 21.4. The lowest BCUT2D eigenvalue weighted by molar-refractivity contribution is 0.0514. The van der Waals surface area contributed by atoms with E-state index in [2.05, 4.69) is 25.5 Å². The van der Waals surface area contributed by atoms with Crippen molar-refractivity contribution in [1.82, 2.24) is 29.5 Å². The first-order valence-electron chi connectivity index (χ1n) is 9.70. The fourth-order valence-corrected chi connectivity index (χ4v) is 3.59. The fourth-order valence-electron chi connectivity index (χ4n) is 2.81. The van der Waals surface area contributed by atoms with E-state index in [-0.39, 0.29) is 11.6 Å². The van der Waals surface area contributed by atoms with Gasteiger partial charge in [0.15, 0.2) is 0 Å². The first-order valence-corrected chi connectivity index (χ1v) is 10.6. The van der Waals surface area contributed by atoms with E-state index in [0.29, 0.717) is 27.6 Å². The van der Waals surface area contributed by atoms with Crippen molar-refractivity contribution in [2.45, 2.75) is 26.4 Å². The number of ether oxygens (including phenoxy) is 1. The highest BCUT2D eigenvalue weighted by Gasteiger charge is 2.21. The number of hydrogen-bond donors (Lipinski definition) is 1. The SMILES string of the molecule is Cn1cc(NC(=O)c2csc(-c3cnn(C(=O)OC(C)(C)C)c3)n2)c(-c2ccccn2)n1. The van der Waals surface area contributed by atoms with Crippen molar-refractivity contribution in [3.05, 3.63) is 54.1 Å². The van der Waals surface area contributed by atoms with E-state index in [1.165, 1.54) is 23.7 Å². The smallest absolute Gasteiger partial charge is 0.435 e. The molecule has 0 bridgehead atoms. The van der Waals surface area contributed by atoms with Gasteiger partial charge < -0.3 is 10.1 Å². The molecule has 164 valence electrons. The molecule has 0 aromatic carbocycles. The highest BCUT2D eigenvalue weighted by Crippen LogP contribution is 2.27. The Bertz CT molecular complexity index is 1270. The van der Waals surface area contributed by atoms with Crippen molar-refractivity contribution in [2.24, 2.45) is 7.05 Å². The lowest BCUT2D eigenvalue weighted by atomic mass is 10.2. The third-order valence-electron chi connectivity index (χ3n) is 4.13. The van der Waals surface area contributed by atoms with Crippen LogP contribution in [0.3, 0.4) is 0 Å². The van der Waals surface area contributed by atoms with Crippen LogP contribution in [0.5, 0.6) is 0 Å². The predicted octanol–water partition coefficient (Wildman–Crippen LogP) is 3.84. The van der Waals surface area contributed by atoms with Crippen LogP contribution >= 0.6 is 11.3 Å². The van der Waals surface area contributed by atoms with Crippen molar-refractivity contribution in [3.63, 3.8) is 0 Å². The summed E-state index contributed by atoms with van der Waals surface area (Å²) in [5.41, 5.74) is 1.97. The summed E-state index contributed by atoms with van der Waals surface area (Å²) in [6.45, 7) is 5.34. The first-order chi connectivity index (χ1) is 15.2. The van der Waals surface area contributed by atoms with Gasteiger partial charge in [-0.1, -0.05) is 6.07 Å². The summed E-state index contributed by atoms with van der Waals surface area (Å²) < 4.78 is 8.02. The highest BCUT2D eigenvalue weighted by atomic mass is 32.1. The van der Waals surface area contributed by atoms with Crippen molar-refractivity contribution in [1.29, 1.82) is 0 Å². The molecule has 1 amide bonds. The maximum atomic E-state index is 12.8. The van der Waals surface area contributed by atoms with Gasteiger partial charge in [0.2, 0.25) is 0 Å². The molecule has 4 aromatic heterocycles. The van der Waals surface area contributed by atoms with Gasteiger partial charge in [-0.2, -0.15) is 14.9 Å². The van der Waals surface area contributed by atoms with Gasteiger partial charge in [-0.05, 0) is 32.9 Å². The molecule has 0 atom stereocenters. The third-order valence-corrected chi connectivity index (χ3v) is 5.02. The minimum atomic E-state index is -0.629. The van der Waals surface area contributed by atoms with Crippen LogP contribution < -0.4 is 5.32 Å². The van der Waals surface area contributed by atoms with Crippen molar-refractivity contribution < 1.29 is 14.3 Å². The summed E-state index contributed by atoms with van der Waals surface area (Å²) in [6.07, 6.45) is 5.82. The minimum absolute atomic E-state index is 0.242. The zero-order chi connectivity index (χ0) is 22.9. The zero-order valence-electron chi connectivity index (χ0n) is 17.9. The topological polar surface area (TPSA) is 117 Å². The lowest BCUT2D eigenvalue weighted by Gasteiger charge is -2.18. The average Bonchev–Trinajstić information content (AvgIpc) is 3.46. The van der Waals surface area contributed by atoms with Crippen LogP contribution in [0.15, 0.2) is 48.4 Å². The van der Waals surface area contributed by atoms with Gasteiger partial charge in [0.05, 0.1) is 17.6 Å². The number of carbonyl (C=O) groups is 2. The van der Waals surface area contributed by atoms with E-state index in [9.17, 15) is 9.59 Å². The second kappa shape index (κ2) is 8.35. The van der Waals surface area contributed by atoms with Crippen LogP contribution in [0.2, 0.25) is 0 Å². The molecule has 0 aliphatic carbocycles. The number of thiazole rings is 1. The number of nitrogens with zero attached hydrogens (tertiary/aromatic N) is 6. The van der Waals surface area contributed by atoms with Gasteiger partial charge in [0.25, 0.3) is 5.91 Å². The summed E-state index contributed by atoms with van der Waals surface area (Å²) in [7, 11) is 1.77. The van der Waals surface area contributed by atoms with Gasteiger partial charge >= 0.3 is 6.09 Å². The Kier molecular flexibility index (Phi) is 5.57. The standard InChI is InChI=1S/C21H21N7O3S/c1-21(2,3)31-20(30)28-10-13(9-23-28)19-25-16(12-32-19)18(29)24-15-11-27(4)26-17(15)14-7-5-6-8-22-14/h5-12H,1-4H3,(H,24,29). The Morgan fingerprint density at radius 1 is 1.19 bits per heavy atom. The number of rotatable bonds is 4. The largest absolute Gasteiger partial charge is 0.442 e. The molecule has 10 nitrogen and oxygen atoms in total. The van der Waals surface area contributed by atoms with E-state index in [4.69, 9.17) is 4.74 Å². The molecule has 0 radical (unpaired) electrons. The molecule has 0 saturated heterocycles. The number of nitrogens with one attached hydrogen (secondary N) is 1. The molecular weight excluding hydrogens is 430 g/mol. The number of carbonyl (C=O) groups excluding carboxylic acids is 2. The van der Waals surface area contributed by atoms with Gasteiger partial charge in [0.1, 0.15) is 22.0 Å². The number of amides is 1. The Balaban J connectivity index is 1.51. The fraction of sp³-hybridized carbons (Fsp3) is 0.238. The predicted molar refractivity (Wildman–Crippen MR) is 119 cm³/mol. The number of hydrogen-bond acceptors (Lipinski definition) is 8. The summed E-state index contributed by atoms with van der Waals surface area (Å²) >= 11 is 1.27. The number of pyridine rings is 1. The summed E-state index contributed by atoms with van der Waals surface area (Å²) in [5.74, 6) is -0.378. The van der Waals surface area contributed by atoms with Crippen LogP contribution in [0.4, 0.5) is 10.5 Å². The van der Waals surface area contributed by atoms with E-state index in [1.54, 1.807) is 50.3 Å². The van der Waals surface area contributed by atoms with Crippen LogP contribution in [0, 0.1) is 0 Å². The molecule has 1 N–H and O–H groups in total. The van der Waals surface area contributed by atoms with Gasteiger partial charge in [-0.3, -0.25) is 14.5 Å². The molecule has 0 aliphatic rings. The third kappa shape index (κ3) is 4.72. The number of anilines is 1. The molecule has 4 rings (SSSR count). The second-order valence-corrected chi connectivity index (χ2v) is 8.78. The van der Waals surface area contributed by atoms with E-state index in [0.717, 1.165) is 4.68 Å². The van der Waals surface area contributed by atoms with Crippen LogP contribution in [0.1, 0.15) is 31.3 Å². The molecule has 0 unspecified atom stereocenters. The maximum absolute atomic E-state index is 12.8. The molecule has 0 fully saturated rings. The maximum Gasteiger partial charge on any atom is 0.435 e. The van der Waals surface area contributed by atoms with Crippen molar-refractivity contribution in [2.75, 3.05) is 5.32 Å². The van der Waals surface area contributed by atoms with Crippen molar-refractivity contribution in [3.8, 4) is 22.0 Å². The number of aryl methyl sites for hydroxylation is 1. The monoisotopic (exact) mass is 451 g/mol. The number of aromatic nitrogens is 6. The van der Waals surface area contributed by atoms with E-state index >= 15 is 0 Å². The molecule has 4 heterocycles. The van der Waals surface area contributed by atoms with Crippen LogP contribution in [-0.2, 0) is 11.8 Å². The molecule has 0 aliphatic heterocycles. The molecule has 0 spiro atoms. The van der Waals surface area contributed by atoms with Crippen LogP contribution in [0.25, 0.3) is 22.0 Å². The summed E-state index contributed by atoms with van der Waals surface area (Å²) in [5, 5.41) is 13.5. The molecular formula is C21H21N7O3S. The molecule has 11 heteroatoms. The van der Waals surface area contributed by atoms with Crippen molar-refractivity contribution >= 4 is 29.0 Å². The summed E-state index contributed by atoms with van der Waals surface area (Å²) in [4.78, 5) is 33.6. The van der Waals surface area contributed by atoms with E-state index < -0.39 is 11.7 Å². The van der Waals surface area contributed by atoms with E-state index in [1.807, 2.05) is 18.2 Å². The van der Waals surface area contributed by atoms with Gasteiger partial charge in [0, 0.05) is 36.6 Å². The minimum Gasteiger partial charge on any atom is -0.442 e. The molecule has 32 heavy (non-hydrogen) atoms. The van der Waals surface area contributed by atoms with Gasteiger partial charge in [-0.15, -0.1) is 11.3 Å². The molecule has 0 saturated carbocycles. The second-order valence-electron chi connectivity index (χ2n) is 7.93. The molecule has 4 aromatic rings. The Labute approximate surface area is 187 Å². The lowest BCUT2D eigenvalue weighted by Crippen LogP contribution is -2.27. The highest BCUT2D eigenvalue weighted by molar-refractivity contribution is 7.13. The quantitative estimate of drug-likeness (QED) is 0.501.